The van der Waals surface area contributed by atoms with Crippen molar-refractivity contribution in [2.45, 2.75) is 55.9 Å². The van der Waals surface area contributed by atoms with E-state index >= 15 is 0 Å². The van der Waals surface area contributed by atoms with E-state index in [-0.39, 0.29) is 18.6 Å². The quantitative estimate of drug-likeness (QED) is 0.540. The van der Waals surface area contributed by atoms with Crippen molar-refractivity contribution in [3.05, 3.63) is 59.7 Å². The molecular weight excluding hydrogens is 464 g/mol. The molecule has 2 aromatic rings. The van der Waals surface area contributed by atoms with E-state index in [0.29, 0.717) is 38.9 Å². The van der Waals surface area contributed by atoms with Crippen molar-refractivity contribution in [3.63, 3.8) is 0 Å². The maximum Gasteiger partial charge on any atom is 0.407 e. The molecule has 1 saturated carbocycles. The number of hydrogen-bond acceptors (Lipinski definition) is 6. The van der Waals surface area contributed by atoms with Gasteiger partial charge in [-0.2, -0.15) is 0 Å². The van der Waals surface area contributed by atoms with Crippen LogP contribution in [0.25, 0.3) is 11.1 Å². The average molecular weight is 495 g/mol. The Morgan fingerprint density at radius 1 is 0.972 bits per heavy atom. The molecule has 1 saturated heterocycles. The lowest BCUT2D eigenvalue weighted by Crippen LogP contribution is -2.52. The summed E-state index contributed by atoms with van der Waals surface area (Å²) in [5, 5.41) is 14.6. The second-order valence-electron chi connectivity index (χ2n) is 9.51. The Morgan fingerprint density at radius 2 is 1.56 bits per heavy atom. The van der Waals surface area contributed by atoms with Gasteiger partial charge in [0.05, 0.1) is 19.6 Å². The molecule has 5 rings (SSSR count). The van der Waals surface area contributed by atoms with Gasteiger partial charge in [0.25, 0.3) is 0 Å². The molecule has 2 aliphatic carbocycles. The first kappa shape index (κ1) is 24.3. The fourth-order valence-corrected chi connectivity index (χ4v) is 5.46. The molecule has 0 radical (unpaired) electrons. The topological polar surface area (TPSA) is 123 Å². The second-order valence-corrected chi connectivity index (χ2v) is 9.51. The largest absolute Gasteiger partial charge is 0.481 e. The fourth-order valence-electron chi connectivity index (χ4n) is 5.46. The summed E-state index contributed by atoms with van der Waals surface area (Å²) in [5.74, 6) is -2.42. The van der Waals surface area contributed by atoms with E-state index in [1.54, 1.807) is 0 Å². The van der Waals surface area contributed by atoms with Crippen LogP contribution in [-0.2, 0) is 23.8 Å². The minimum absolute atomic E-state index is 0.0754. The first-order valence-electron chi connectivity index (χ1n) is 12.4. The molecular formula is C27H30N2O7. The SMILES string of the molecule is O=C(O)CC(NC(=O)OCC1c2ccccc2-c2ccccc21)C(=O)NC1CCC2(CC1)OCCO2. The molecule has 0 bridgehead atoms. The normalized spacial score (nSPS) is 19.3. The molecule has 1 unspecified atom stereocenters. The standard InChI is InChI=1S/C27H30N2O7/c30-24(31)15-23(25(32)28-17-9-11-27(12-10-17)35-13-14-36-27)29-26(33)34-16-22-20-7-3-1-5-18(20)19-6-2-4-8-21(19)22/h1-8,17,22-23H,9-16H2,(H,28,32)(H,29,33)(H,30,31). The molecule has 9 heteroatoms. The lowest BCUT2D eigenvalue weighted by atomic mass is 9.90. The van der Waals surface area contributed by atoms with Gasteiger partial charge in [-0.05, 0) is 35.1 Å². The third-order valence-corrected chi connectivity index (χ3v) is 7.24. The zero-order valence-electron chi connectivity index (χ0n) is 19.9. The smallest absolute Gasteiger partial charge is 0.407 e. The van der Waals surface area contributed by atoms with Gasteiger partial charge in [0.1, 0.15) is 12.6 Å². The number of hydrogen-bond donors (Lipinski definition) is 3. The molecule has 2 amide bonds. The lowest BCUT2D eigenvalue weighted by Gasteiger charge is -2.36. The second kappa shape index (κ2) is 10.3. The minimum Gasteiger partial charge on any atom is -0.481 e. The van der Waals surface area contributed by atoms with Crippen LogP contribution in [0.4, 0.5) is 4.79 Å². The van der Waals surface area contributed by atoms with Gasteiger partial charge < -0.3 is 30.0 Å². The average Bonchev–Trinajstić information content (AvgIpc) is 3.46. The maximum absolute atomic E-state index is 12.9. The highest BCUT2D eigenvalue weighted by atomic mass is 16.7. The van der Waals surface area contributed by atoms with Crippen LogP contribution in [-0.4, -0.2) is 60.8 Å². The molecule has 36 heavy (non-hydrogen) atoms. The Kier molecular flexibility index (Phi) is 6.93. The lowest BCUT2D eigenvalue weighted by molar-refractivity contribution is -0.180. The number of aliphatic carboxylic acids is 1. The fraction of sp³-hybridized carbons (Fsp3) is 0.444. The predicted molar refractivity (Wildman–Crippen MR) is 129 cm³/mol. The Balaban J connectivity index is 1.18. The number of alkyl carbamates (subject to hydrolysis) is 1. The summed E-state index contributed by atoms with van der Waals surface area (Å²) >= 11 is 0. The molecule has 3 aliphatic rings. The van der Waals surface area contributed by atoms with Gasteiger partial charge in [0.15, 0.2) is 5.79 Å². The van der Waals surface area contributed by atoms with Crippen LogP contribution < -0.4 is 10.6 Å². The first-order chi connectivity index (χ1) is 17.4. The molecule has 1 atom stereocenters. The van der Waals surface area contributed by atoms with Crippen molar-refractivity contribution in [1.82, 2.24) is 10.6 Å². The first-order valence-corrected chi connectivity index (χ1v) is 12.4. The highest BCUT2D eigenvalue weighted by Gasteiger charge is 2.41. The molecule has 1 aliphatic heterocycles. The van der Waals surface area contributed by atoms with Crippen molar-refractivity contribution in [2.75, 3.05) is 19.8 Å². The molecule has 3 N–H and O–H groups in total. The molecule has 190 valence electrons. The molecule has 1 heterocycles. The molecule has 1 spiro atoms. The predicted octanol–water partition coefficient (Wildman–Crippen LogP) is 3.17. The van der Waals surface area contributed by atoms with Gasteiger partial charge in [-0.15, -0.1) is 0 Å². The van der Waals surface area contributed by atoms with Crippen LogP contribution in [0.3, 0.4) is 0 Å². The summed E-state index contributed by atoms with van der Waals surface area (Å²) in [6.45, 7) is 1.22. The number of carbonyl (C=O) groups is 3. The van der Waals surface area contributed by atoms with E-state index in [9.17, 15) is 19.5 Å². The Labute approximate surface area is 209 Å². The zero-order valence-corrected chi connectivity index (χ0v) is 19.9. The number of amides is 2. The molecule has 9 nitrogen and oxygen atoms in total. The highest BCUT2D eigenvalue weighted by Crippen LogP contribution is 2.44. The number of carbonyl (C=O) groups excluding carboxylic acids is 2. The van der Waals surface area contributed by atoms with Crippen molar-refractivity contribution in [1.29, 1.82) is 0 Å². The van der Waals surface area contributed by atoms with Crippen LogP contribution in [0.1, 0.15) is 49.1 Å². The number of benzene rings is 2. The van der Waals surface area contributed by atoms with E-state index in [1.165, 1.54) is 0 Å². The number of carboxylic acid groups (broad SMARTS) is 1. The summed E-state index contributed by atoms with van der Waals surface area (Å²) in [5.41, 5.74) is 4.34. The number of carboxylic acids is 1. The summed E-state index contributed by atoms with van der Waals surface area (Å²) in [4.78, 5) is 36.9. The molecule has 2 aromatic carbocycles. The monoisotopic (exact) mass is 494 g/mol. The van der Waals surface area contributed by atoms with Crippen LogP contribution in [0.15, 0.2) is 48.5 Å². The third-order valence-electron chi connectivity index (χ3n) is 7.24. The van der Waals surface area contributed by atoms with Crippen molar-refractivity contribution < 1.29 is 33.7 Å². The summed E-state index contributed by atoms with van der Waals surface area (Å²) in [6, 6.07) is 14.6. The molecule has 0 aromatic heterocycles. The van der Waals surface area contributed by atoms with Crippen LogP contribution in [0, 0.1) is 0 Å². The highest BCUT2D eigenvalue weighted by molar-refractivity contribution is 5.89. The van der Waals surface area contributed by atoms with Crippen LogP contribution >= 0.6 is 0 Å². The van der Waals surface area contributed by atoms with E-state index in [4.69, 9.17) is 14.2 Å². The Hall–Kier alpha value is -3.43. The van der Waals surface area contributed by atoms with Crippen molar-refractivity contribution in [2.24, 2.45) is 0 Å². The molecule has 2 fully saturated rings. The number of ether oxygens (including phenoxy) is 3. The van der Waals surface area contributed by atoms with Crippen LogP contribution in [0.2, 0.25) is 0 Å². The van der Waals surface area contributed by atoms with Gasteiger partial charge in [-0.3, -0.25) is 9.59 Å². The summed E-state index contributed by atoms with van der Waals surface area (Å²) in [6.07, 6.45) is 1.24. The Morgan fingerprint density at radius 3 is 2.14 bits per heavy atom. The maximum atomic E-state index is 12.9. The minimum atomic E-state index is -1.24. The van der Waals surface area contributed by atoms with Gasteiger partial charge in [-0.25, -0.2) is 4.79 Å². The zero-order chi connectivity index (χ0) is 25.1. The van der Waals surface area contributed by atoms with Gasteiger partial charge in [0.2, 0.25) is 5.91 Å². The van der Waals surface area contributed by atoms with Gasteiger partial charge >= 0.3 is 12.1 Å². The van der Waals surface area contributed by atoms with Gasteiger partial charge in [-0.1, -0.05) is 48.5 Å². The van der Waals surface area contributed by atoms with E-state index in [2.05, 4.69) is 10.6 Å². The van der Waals surface area contributed by atoms with E-state index < -0.39 is 36.2 Å². The Bertz CT molecular complexity index is 1090. The number of fused-ring (bicyclic) bond motifs is 3. The number of nitrogens with one attached hydrogen (secondary N) is 2. The summed E-state index contributed by atoms with van der Waals surface area (Å²) < 4.78 is 16.9. The third kappa shape index (κ3) is 5.08. The summed E-state index contributed by atoms with van der Waals surface area (Å²) in [7, 11) is 0. The van der Waals surface area contributed by atoms with Crippen LogP contribution in [0.5, 0.6) is 0 Å². The van der Waals surface area contributed by atoms with Gasteiger partial charge in [0, 0.05) is 24.8 Å². The van der Waals surface area contributed by atoms with E-state index in [0.717, 1.165) is 22.3 Å². The number of rotatable bonds is 7. The van der Waals surface area contributed by atoms with Crippen molar-refractivity contribution >= 4 is 18.0 Å². The van der Waals surface area contributed by atoms with E-state index in [1.807, 2.05) is 48.5 Å². The van der Waals surface area contributed by atoms with Crippen molar-refractivity contribution in [3.8, 4) is 11.1 Å².